The summed E-state index contributed by atoms with van der Waals surface area (Å²) in [6.45, 7) is 3.73. The molecule has 1 aromatic carbocycles. The number of carbonyl (C=O) groups excluding carboxylic acids is 1. The van der Waals surface area contributed by atoms with Crippen LogP contribution >= 0.6 is 0 Å². The quantitative estimate of drug-likeness (QED) is 0.440. The first kappa shape index (κ1) is 17.2. The summed E-state index contributed by atoms with van der Waals surface area (Å²) in [5.41, 5.74) is -0.639. The Bertz CT molecular complexity index is 930. The minimum atomic E-state index is -2.22. The topological polar surface area (TPSA) is 34.9 Å². The summed E-state index contributed by atoms with van der Waals surface area (Å²) in [6, 6.07) is 0. The standard InChI is InChI=1S/C18H15F5N2O/c1-18(2)5-8-10(9(26)6-18)16(7-3-4-7)25(24-8)17-14(22)12(20)11(19)13(21)15(17)23/h7H,3-6H2,1-2H3. The number of hydrogen-bond acceptors (Lipinski definition) is 2. The molecule has 0 radical (unpaired) electrons. The highest BCUT2D eigenvalue weighted by atomic mass is 19.2. The zero-order valence-electron chi connectivity index (χ0n) is 14.1. The SMILES string of the molecule is CC1(C)CC(=O)c2c(nn(-c3c(F)c(F)c(F)c(F)c3F)c2C2CC2)C1. The van der Waals surface area contributed by atoms with Crippen LogP contribution < -0.4 is 0 Å². The molecule has 0 N–H and O–H groups in total. The van der Waals surface area contributed by atoms with Gasteiger partial charge in [0, 0.05) is 12.3 Å². The molecule has 26 heavy (non-hydrogen) atoms. The lowest BCUT2D eigenvalue weighted by Gasteiger charge is -2.27. The third-order valence-electron chi connectivity index (χ3n) is 4.92. The smallest absolute Gasteiger partial charge is 0.200 e. The Morgan fingerprint density at radius 1 is 0.923 bits per heavy atom. The normalized spacial score (nSPS) is 19.0. The summed E-state index contributed by atoms with van der Waals surface area (Å²) in [4.78, 5) is 12.6. The Balaban J connectivity index is 2.02. The monoisotopic (exact) mass is 370 g/mol. The second-order valence-electron chi connectivity index (χ2n) is 7.75. The zero-order chi connectivity index (χ0) is 19.0. The van der Waals surface area contributed by atoms with Crippen LogP contribution in [0.5, 0.6) is 0 Å². The summed E-state index contributed by atoms with van der Waals surface area (Å²) < 4.78 is 70.0. The number of aromatic nitrogens is 2. The van der Waals surface area contributed by atoms with E-state index in [9.17, 15) is 26.7 Å². The summed E-state index contributed by atoms with van der Waals surface area (Å²) in [5, 5.41) is 4.12. The molecule has 0 amide bonds. The van der Waals surface area contributed by atoms with Crippen LogP contribution in [0.2, 0.25) is 0 Å². The third kappa shape index (κ3) is 2.38. The van der Waals surface area contributed by atoms with E-state index < -0.39 is 34.8 Å². The molecule has 1 fully saturated rings. The summed E-state index contributed by atoms with van der Waals surface area (Å²) >= 11 is 0. The van der Waals surface area contributed by atoms with Crippen LogP contribution in [-0.4, -0.2) is 15.6 Å². The van der Waals surface area contributed by atoms with Gasteiger partial charge in [0.15, 0.2) is 29.1 Å². The minimum Gasteiger partial charge on any atom is -0.294 e. The second kappa shape index (κ2) is 5.37. The fourth-order valence-electron chi connectivity index (χ4n) is 3.63. The maximum atomic E-state index is 14.3. The average molecular weight is 370 g/mol. The molecule has 0 aliphatic heterocycles. The molecule has 2 aromatic rings. The maximum Gasteiger partial charge on any atom is 0.200 e. The Hall–Kier alpha value is -2.25. The minimum absolute atomic E-state index is 0.175. The van der Waals surface area contributed by atoms with Crippen LogP contribution in [0.25, 0.3) is 5.69 Å². The molecule has 2 aliphatic carbocycles. The zero-order valence-corrected chi connectivity index (χ0v) is 14.1. The van der Waals surface area contributed by atoms with Gasteiger partial charge in [0.05, 0.1) is 17.0 Å². The fraction of sp³-hybridized carbons (Fsp3) is 0.444. The Morgan fingerprint density at radius 2 is 1.46 bits per heavy atom. The Labute approximate surface area is 145 Å². The number of hydrogen-bond donors (Lipinski definition) is 0. The number of rotatable bonds is 2. The molecule has 0 bridgehead atoms. The fourth-order valence-corrected chi connectivity index (χ4v) is 3.63. The van der Waals surface area contributed by atoms with Crippen molar-refractivity contribution in [2.75, 3.05) is 0 Å². The van der Waals surface area contributed by atoms with Gasteiger partial charge in [-0.15, -0.1) is 0 Å². The highest BCUT2D eigenvalue weighted by Gasteiger charge is 2.42. The lowest BCUT2D eigenvalue weighted by molar-refractivity contribution is 0.0910. The van der Waals surface area contributed by atoms with Crippen molar-refractivity contribution >= 4 is 5.78 Å². The predicted molar refractivity (Wildman–Crippen MR) is 81.8 cm³/mol. The highest BCUT2D eigenvalue weighted by molar-refractivity contribution is 6.00. The van der Waals surface area contributed by atoms with E-state index in [4.69, 9.17) is 0 Å². The molecule has 1 heterocycles. The predicted octanol–water partition coefficient (Wildman–Crippen LogP) is 4.60. The van der Waals surface area contributed by atoms with Crippen LogP contribution in [0.1, 0.15) is 60.8 Å². The molecule has 0 spiro atoms. The van der Waals surface area contributed by atoms with E-state index in [-0.39, 0.29) is 34.8 Å². The second-order valence-corrected chi connectivity index (χ2v) is 7.75. The van der Waals surface area contributed by atoms with E-state index in [1.807, 2.05) is 13.8 Å². The van der Waals surface area contributed by atoms with Gasteiger partial charge in [-0.25, -0.2) is 26.6 Å². The first-order valence-electron chi connectivity index (χ1n) is 8.29. The van der Waals surface area contributed by atoms with Crippen molar-refractivity contribution < 1.29 is 26.7 Å². The van der Waals surface area contributed by atoms with Gasteiger partial charge >= 0.3 is 0 Å². The van der Waals surface area contributed by atoms with Gasteiger partial charge < -0.3 is 0 Å². The molecule has 1 aromatic heterocycles. The lowest BCUT2D eigenvalue weighted by atomic mass is 9.75. The largest absolute Gasteiger partial charge is 0.294 e. The van der Waals surface area contributed by atoms with Gasteiger partial charge in [0.25, 0.3) is 0 Å². The van der Waals surface area contributed by atoms with E-state index in [1.165, 1.54) is 0 Å². The molecule has 1 saturated carbocycles. The van der Waals surface area contributed by atoms with Crippen LogP contribution in [0.15, 0.2) is 0 Å². The molecule has 0 unspecified atom stereocenters. The lowest BCUT2D eigenvalue weighted by Crippen LogP contribution is -2.27. The number of halogens is 5. The third-order valence-corrected chi connectivity index (χ3v) is 4.92. The van der Waals surface area contributed by atoms with Gasteiger partial charge in [-0.2, -0.15) is 5.10 Å². The van der Waals surface area contributed by atoms with Gasteiger partial charge in [-0.05, 0) is 24.7 Å². The van der Waals surface area contributed by atoms with Gasteiger partial charge in [-0.3, -0.25) is 4.79 Å². The number of ketones is 1. The van der Waals surface area contributed by atoms with Crippen molar-refractivity contribution in [3.63, 3.8) is 0 Å². The van der Waals surface area contributed by atoms with Gasteiger partial charge in [-0.1, -0.05) is 13.8 Å². The number of nitrogens with zero attached hydrogens (tertiary/aromatic N) is 2. The maximum absolute atomic E-state index is 14.3. The molecule has 4 rings (SSSR count). The van der Waals surface area contributed by atoms with Gasteiger partial charge in [0.1, 0.15) is 5.69 Å². The molecule has 2 aliphatic rings. The molecular formula is C18H15F5N2O. The molecule has 0 atom stereocenters. The molecule has 8 heteroatoms. The van der Waals surface area contributed by atoms with Crippen molar-refractivity contribution in [1.29, 1.82) is 0 Å². The van der Waals surface area contributed by atoms with E-state index in [0.29, 0.717) is 25.0 Å². The summed E-state index contributed by atoms with van der Waals surface area (Å²) in [5.74, 6) is -10.6. The first-order chi connectivity index (χ1) is 12.1. The van der Waals surface area contributed by atoms with E-state index in [0.717, 1.165) is 4.68 Å². The number of benzene rings is 1. The van der Waals surface area contributed by atoms with Crippen LogP contribution in [0.4, 0.5) is 22.0 Å². The van der Waals surface area contributed by atoms with E-state index in [2.05, 4.69) is 5.10 Å². The molecule has 3 nitrogen and oxygen atoms in total. The number of carbonyl (C=O) groups is 1. The average Bonchev–Trinajstić information content (AvgIpc) is 3.32. The van der Waals surface area contributed by atoms with E-state index in [1.54, 1.807) is 0 Å². The number of fused-ring (bicyclic) bond motifs is 1. The van der Waals surface area contributed by atoms with Crippen LogP contribution in [0.3, 0.4) is 0 Å². The van der Waals surface area contributed by atoms with Crippen molar-refractivity contribution in [1.82, 2.24) is 9.78 Å². The van der Waals surface area contributed by atoms with Crippen LogP contribution in [-0.2, 0) is 6.42 Å². The van der Waals surface area contributed by atoms with Crippen molar-refractivity contribution in [2.45, 2.75) is 45.4 Å². The van der Waals surface area contributed by atoms with Crippen LogP contribution in [0, 0.1) is 34.5 Å². The Kier molecular flexibility index (Phi) is 3.55. The van der Waals surface area contributed by atoms with Crippen molar-refractivity contribution in [3.8, 4) is 5.69 Å². The Morgan fingerprint density at radius 3 is 2.00 bits per heavy atom. The van der Waals surface area contributed by atoms with Gasteiger partial charge in [0.2, 0.25) is 5.82 Å². The summed E-state index contributed by atoms with van der Waals surface area (Å²) in [7, 11) is 0. The molecular weight excluding hydrogens is 355 g/mol. The molecule has 138 valence electrons. The first-order valence-corrected chi connectivity index (χ1v) is 8.29. The van der Waals surface area contributed by atoms with Crippen molar-refractivity contribution in [2.24, 2.45) is 5.41 Å². The molecule has 0 saturated heterocycles. The summed E-state index contributed by atoms with van der Waals surface area (Å²) in [6.07, 6.45) is 1.97. The number of Topliss-reactive ketones (excluding diaryl/α,β-unsaturated/α-hetero) is 1. The highest BCUT2D eigenvalue weighted by Crippen LogP contribution is 2.47. The van der Waals surface area contributed by atoms with E-state index >= 15 is 0 Å². The van der Waals surface area contributed by atoms with Crippen molar-refractivity contribution in [3.05, 3.63) is 46.0 Å².